The SMILES string of the molecule is COC(=O)c1nc(-c2ccc(C)cc2)oc1S(=O)(=O)N1CCN(CCc2ccccn2)CC1. The van der Waals surface area contributed by atoms with Gasteiger partial charge in [-0.3, -0.25) is 4.98 Å². The smallest absolute Gasteiger partial charge is 0.361 e. The van der Waals surface area contributed by atoms with Gasteiger partial charge >= 0.3 is 5.97 Å². The van der Waals surface area contributed by atoms with Crippen LogP contribution < -0.4 is 0 Å². The van der Waals surface area contributed by atoms with Gasteiger partial charge < -0.3 is 14.1 Å². The summed E-state index contributed by atoms with van der Waals surface area (Å²) in [6.07, 6.45) is 2.56. The van der Waals surface area contributed by atoms with Crippen molar-refractivity contribution < 1.29 is 22.4 Å². The summed E-state index contributed by atoms with van der Waals surface area (Å²) in [6, 6.07) is 13.0. The van der Waals surface area contributed by atoms with Crippen molar-refractivity contribution in [1.29, 1.82) is 0 Å². The Bertz CT molecular complexity index is 1200. The van der Waals surface area contributed by atoms with Crippen molar-refractivity contribution in [3.8, 4) is 11.5 Å². The number of piperazine rings is 1. The van der Waals surface area contributed by atoms with Crippen LogP contribution in [0.4, 0.5) is 0 Å². The minimum atomic E-state index is -4.07. The number of nitrogens with zero attached hydrogens (tertiary/aromatic N) is 4. The van der Waals surface area contributed by atoms with Crippen LogP contribution in [0.15, 0.2) is 58.2 Å². The Labute approximate surface area is 193 Å². The molecule has 0 amide bonds. The molecule has 0 unspecified atom stereocenters. The Balaban J connectivity index is 1.50. The molecule has 9 nitrogen and oxygen atoms in total. The van der Waals surface area contributed by atoms with Gasteiger partial charge in [-0.05, 0) is 31.2 Å². The van der Waals surface area contributed by atoms with Crippen molar-refractivity contribution >= 4 is 16.0 Å². The third-order valence-electron chi connectivity index (χ3n) is 5.59. The van der Waals surface area contributed by atoms with Crippen LogP contribution in [0.2, 0.25) is 0 Å². The van der Waals surface area contributed by atoms with Crippen molar-refractivity contribution in [3.05, 3.63) is 65.6 Å². The average molecular weight is 471 g/mol. The topological polar surface area (TPSA) is 106 Å². The predicted octanol–water partition coefficient (Wildman–Crippen LogP) is 2.38. The van der Waals surface area contributed by atoms with Gasteiger partial charge in [-0.1, -0.05) is 23.8 Å². The standard InChI is InChI=1S/C23H26N4O5S/c1-17-6-8-18(9-7-17)21-25-20(22(28)31-2)23(32-21)33(29,30)27-15-13-26(14-16-27)12-10-19-5-3-4-11-24-19/h3-9,11H,10,12-16H2,1-2H3. The number of hydrogen-bond acceptors (Lipinski definition) is 8. The van der Waals surface area contributed by atoms with Gasteiger partial charge in [-0.15, -0.1) is 0 Å². The molecule has 33 heavy (non-hydrogen) atoms. The largest absolute Gasteiger partial charge is 0.464 e. The lowest BCUT2D eigenvalue weighted by atomic mass is 10.1. The number of rotatable bonds is 7. The monoisotopic (exact) mass is 470 g/mol. The highest BCUT2D eigenvalue weighted by atomic mass is 32.2. The molecule has 0 radical (unpaired) electrons. The Morgan fingerprint density at radius 1 is 1.09 bits per heavy atom. The number of benzene rings is 1. The van der Waals surface area contributed by atoms with E-state index >= 15 is 0 Å². The molecule has 1 aromatic carbocycles. The molecule has 0 bridgehead atoms. The van der Waals surface area contributed by atoms with E-state index in [0.29, 0.717) is 18.7 Å². The van der Waals surface area contributed by atoms with Crippen LogP contribution in [-0.4, -0.2) is 73.4 Å². The first-order chi connectivity index (χ1) is 15.9. The van der Waals surface area contributed by atoms with E-state index in [4.69, 9.17) is 9.15 Å². The van der Waals surface area contributed by atoms with Crippen molar-refractivity contribution in [2.45, 2.75) is 18.4 Å². The second-order valence-corrected chi connectivity index (χ2v) is 9.67. The number of hydrogen-bond donors (Lipinski definition) is 0. The van der Waals surface area contributed by atoms with Crippen LogP contribution in [0.25, 0.3) is 11.5 Å². The number of aryl methyl sites for hydroxylation is 1. The summed E-state index contributed by atoms with van der Waals surface area (Å²) in [6.45, 7) is 4.43. The van der Waals surface area contributed by atoms with Crippen molar-refractivity contribution in [2.75, 3.05) is 39.8 Å². The lowest BCUT2D eigenvalue weighted by molar-refractivity contribution is 0.0587. The van der Waals surface area contributed by atoms with Gasteiger partial charge in [0.2, 0.25) is 11.6 Å². The third kappa shape index (κ3) is 5.13. The Morgan fingerprint density at radius 2 is 1.82 bits per heavy atom. The fourth-order valence-electron chi connectivity index (χ4n) is 3.66. The van der Waals surface area contributed by atoms with E-state index in [1.165, 1.54) is 11.4 Å². The molecule has 10 heteroatoms. The molecule has 0 saturated carbocycles. The number of carbonyl (C=O) groups excluding carboxylic acids is 1. The second kappa shape index (κ2) is 9.82. The number of oxazole rings is 1. The normalized spacial score (nSPS) is 15.5. The maximum Gasteiger partial charge on any atom is 0.361 e. The summed E-state index contributed by atoms with van der Waals surface area (Å²) in [5, 5.41) is -0.480. The van der Waals surface area contributed by atoms with Crippen LogP contribution in [0.3, 0.4) is 0 Å². The van der Waals surface area contributed by atoms with E-state index in [2.05, 4.69) is 14.9 Å². The van der Waals surface area contributed by atoms with E-state index in [1.54, 1.807) is 18.3 Å². The predicted molar refractivity (Wildman–Crippen MR) is 121 cm³/mol. The quantitative estimate of drug-likeness (QED) is 0.485. The maximum atomic E-state index is 13.4. The molecule has 1 saturated heterocycles. The van der Waals surface area contributed by atoms with E-state index < -0.39 is 21.1 Å². The molecular weight excluding hydrogens is 444 g/mol. The molecule has 0 spiro atoms. The maximum absolute atomic E-state index is 13.4. The van der Waals surface area contributed by atoms with Crippen molar-refractivity contribution in [1.82, 2.24) is 19.2 Å². The second-order valence-electron chi connectivity index (χ2n) is 7.83. The molecule has 0 N–H and O–H groups in total. The minimum absolute atomic E-state index is 0.0583. The summed E-state index contributed by atoms with van der Waals surface area (Å²) in [5.74, 6) is -0.798. The van der Waals surface area contributed by atoms with E-state index in [1.807, 2.05) is 37.3 Å². The first-order valence-electron chi connectivity index (χ1n) is 10.7. The number of aromatic nitrogens is 2. The number of pyridine rings is 1. The highest BCUT2D eigenvalue weighted by Gasteiger charge is 2.37. The van der Waals surface area contributed by atoms with Gasteiger partial charge in [0.05, 0.1) is 7.11 Å². The Kier molecular flexibility index (Phi) is 6.87. The van der Waals surface area contributed by atoms with Crippen LogP contribution in [0, 0.1) is 6.92 Å². The summed E-state index contributed by atoms with van der Waals surface area (Å²) < 4.78 is 38.5. The number of carbonyl (C=O) groups is 1. The zero-order valence-electron chi connectivity index (χ0n) is 18.6. The van der Waals surface area contributed by atoms with Gasteiger partial charge in [-0.25, -0.2) is 18.2 Å². The van der Waals surface area contributed by atoms with Crippen molar-refractivity contribution in [2.24, 2.45) is 0 Å². The van der Waals surface area contributed by atoms with Crippen molar-refractivity contribution in [3.63, 3.8) is 0 Å². The highest BCUT2D eigenvalue weighted by molar-refractivity contribution is 7.89. The minimum Gasteiger partial charge on any atom is -0.464 e. The molecule has 3 aromatic rings. The molecule has 1 aliphatic heterocycles. The van der Waals surface area contributed by atoms with E-state index in [-0.39, 0.29) is 24.7 Å². The molecule has 1 aliphatic rings. The number of esters is 1. The lowest BCUT2D eigenvalue weighted by Crippen LogP contribution is -2.49. The third-order valence-corrected chi connectivity index (χ3v) is 7.38. The molecule has 0 aliphatic carbocycles. The molecule has 174 valence electrons. The molecule has 0 atom stereocenters. The number of methoxy groups -OCH3 is 1. The lowest BCUT2D eigenvalue weighted by Gasteiger charge is -2.33. The first-order valence-corrected chi connectivity index (χ1v) is 12.1. The first kappa shape index (κ1) is 23.1. The van der Waals surface area contributed by atoms with Crippen LogP contribution in [0.1, 0.15) is 21.7 Å². The van der Waals surface area contributed by atoms with E-state index in [0.717, 1.165) is 24.2 Å². The molecule has 1 fully saturated rings. The van der Waals surface area contributed by atoms with Gasteiger partial charge in [0.25, 0.3) is 15.1 Å². The highest BCUT2D eigenvalue weighted by Crippen LogP contribution is 2.28. The Morgan fingerprint density at radius 3 is 2.45 bits per heavy atom. The zero-order chi connectivity index (χ0) is 23.4. The fourth-order valence-corrected chi connectivity index (χ4v) is 5.09. The molecule has 4 rings (SSSR count). The summed E-state index contributed by atoms with van der Waals surface area (Å²) in [7, 11) is -2.89. The van der Waals surface area contributed by atoms with Gasteiger partial charge in [0, 0.05) is 56.6 Å². The number of sulfonamides is 1. The molecule has 3 heterocycles. The van der Waals surface area contributed by atoms with E-state index in [9.17, 15) is 13.2 Å². The van der Waals surface area contributed by atoms with Gasteiger partial charge in [0.15, 0.2) is 0 Å². The Hall–Kier alpha value is -3.08. The summed E-state index contributed by atoms with van der Waals surface area (Å²) >= 11 is 0. The van der Waals surface area contributed by atoms with Gasteiger partial charge in [0.1, 0.15) is 0 Å². The van der Waals surface area contributed by atoms with Gasteiger partial charge in [-0.2, -0.15) is 4.31 Å². The molecular formula is C23H26N4O5S. The van der Waals surface area contributed by atoms with Crippen LogP contribution >= 0.6 is 0 Å². The van der Waals surface area contributed by atoms with Crippen LogP contribution in [-0.2, 0) is 21.2 Å². The fraction of sp³-hybridized carbons (Fsp3) is 0.348. The number of ether oxygens (including phenoxy) is 1. The average Bonchev–Trinajstić information content (AvgIpc) is 3.30. The summed E-state index contributed by atoms with van der Waals surface area (Å²) in [5.41, 5.74) is 2.27. The molecule has 2 aromatic heterocycles. The zero-order valence-corrected chi connectivity index (χ0v) is 19.4. The summed E-state index contributed by atoms with van der Waals surface area (Å²) in [4.78, 5) is 23.0. The van der Waals surface area contributed by atoms with Crippen LogP contribution in [0.5, 0.6) is 0 Å².